The van der Waals surface area contributed by atoms with Gasteiger partial charge in [-0.05, 0) is 42.8 Å². The van der Waals surface area contributed by atoms with E-state index in [4.69, 9.17) is 23.6 Å². The third kappa shape index (κ3) is 4.39. The number of aryl methyl sites for hydroxylation is 1. The molecule has 0 aliphatic carbocycles. The maximum atomic E-state index is 6.20. The van der Waals surface area contributed by atoms with Crippen molar-refractivity contribution in [2.24, 2.45) is 4.99 Å². The van der Waals surface area contributed by atoms with Gasteiger partial charge in [0.1, 0.15) is 22.1 Å². The second kappa shape index (κ2) is 9.18. The SMILES string of the molecule is CCCc1nnc(/N=c2\cc(-c3ccc(OC)c(OC)c3)oc3ccc(OC)cc23)s1. The maximum absolute atomic E-state index is 6.20. The fraction of sp³-hybridized carbons (Fsp3) is 0.261. The molecule has 0 amide bonds. The first-order valence-corrected chi connectivity index (χ1v) is 10.7. The van der Waals surface area contributed by atoms with E-state index in [-0.39, 0.29) is 0 Å². The monoisotopic (exact) mass is 437 g/mol. The number of nitrogens with zero attached hydrogens (tertiary/aromatic N) is 3. The Kier molecular flexibility index (Phi) is 6.18. The van der Waals surface area contributed by atoms with E-state index in [0.717, 1.165) is 39.9 Å². The van der Waals surface area contributed by atoms with E-state index in [0.29, 0.717) is 28.0 Å². The molecule has 2 aromatic carbocycles. The summed E-state index contributed by atoms with van der Waals surface area (Å²) in [5, 5.41) is 11.6. The number of hydrogen-bond donors (Lipinski definition) is 0. The molecule has 2 heterocycles. The number of rotatable bonds is 7. The highest BCUT2D eigenvalue weighted by Gasteiger charge is 2.12. The van der Waals surface area contributed by atoms with Crippen molar-refractivity contribution >= 4 is 27.4 Å². The van der Waals surface area contributed by atoms with Gasteiger partial charge in [-0.2, -0.15) is 0 Å². The first-order chi connectivity index (χ1) is 15.1. The molecular weight excluding hydrogens is 414 g/mol. The van der Waals surface area contributed by atoms with Crippen molar-refractivity contribution in [3.8, 4) is 28.6 Å². The minimum atomic E-state index is 0.608. The van der Waals surface area contributed by atoms with Crippen molar-refractivity contribution in [1.82, 2.24) is 10.2 Å². The zero-order valence-corrected chi connectivity index (χ0v) is 18.7. The molecule has 8 heteroatoms. The lowest BCUT2D eigenvalue weighted by atomic mass is 10.1. The van der Waals surface area contributed by atoms with E-state index < -0.39 is 0 Å². The summed E-state index contributed by atoms with van der Waals surface area (Å²) in [7, 11) is 4.85. The van der Waals surface area contributed by atoms with Crippen LogP contribution in [0.25, 0.3) is 22.3 Å². The number of hydrogen-bond acceptors (Lipinski definition) is 8. The molecule has 0 saturated heterocycles. The number of aromatic nitrogens is 2. The van der Waals surface area contributed by atoms with Crippen LogP contribution in [0.3, 0.4) is 0 Å². The fourth-order valence-corrected chi connectivity index (χ4v) is 4.03. The zero-order chi connectivity index (χ0) is 21.8. The van der Waals surface area contributed by atoms with Gasteiger partial charge in [-0.1, -0.05) is 18.3 Å². The van der Waals surface area contributed by atoms with E-state index in [1.807, 2.05) is 42.5 Å². The Morgan fingerprint density at radius 3 is 2.52 bits per heavy atom. The van der Waals surface area contributed by atoms with Gasteiger partial charge in [-0.15, -0.1) is 10.2 Å². The van der Waals surface area contributed by atoms with Gasteiger partial charge in [0.05, 0.1) is 26.7 Å². The quantitative estimate of drug-likeness (QED) is 0.397. The number of benzene rings is 2. The topological polar surface area (TPSA) is 79.0 Å². The second-order valence-electron chi connectivity index (χ2n) is 6.77. The van der Waals surface area contributed by atoms with Gasteiger partial charge in [-0.25, -0.2) is 4.99 Å². The van der Waals surface area contributed by atoms with Crippen molar-refractivity contribution in [3.63, 3.8) is 0 Å². The molecule has 0 radical (unpaired) electrons. The zero-order valence-electron chi connectivity index (χ0n) is 17.8. The molecule has 2 aromatic heterocycles. The van der Waals surface area contributed by atoms with Gasteiger partial charge in [0.25, 0.3) is 0 Å². The van der Waals surface area contributed by atoms with E-state index in [1.165, 1.54) is 11.3 Å². The smallest absolute Gasteiger partial charge is 0.232 e. The van der Waals surface area contributed by atoms with Crippen molar-refractivity contribution in [3.05, 3.63) is 52.8 Å². The lowest BCUT2D eigenvalue weighted by Crippen LogP contribution is -2.03. The van der Waals surface area contributed by atoms with Crippen molar-refractivity contribution in [1.29, 1.82) is 0 Å². The minimum absolute atomic E-state index is 0.608. The van der Waals surface area contributed by atoms with Gasteiger partial charge in [0.2, 0.25) is 5.13 Å². The molecule has 0 fully saturated rings. The van der Waals surface area contributed by atoms with Crippen LogP contribution in [-0.4, -0.2) is 31.5 Å². The number of methoxy groups -OCH3 is 3. The Labute approximate surface area is 184 Å². The Morgan fingerprint density at radius 2 is 1.77 bits per heavy atom. The molecule has 0 atom stereocenters. The van der Waals surface area contributed by atoms with Crippen molar-refractivity contribution < 1.29 is 18.6 Å². The first kappa shape index (κ1) is 20.9. The Morgan fingerprint density at radius 1 is 0.935 bits per heavy atom. The molecule has 4 rings (SSSR count). The third-order valence-electron chi connectivity index (χ3n) is 4.75. The van der Waals surface area contributed by atoms with Crippen LogP contribution in [0.2, 0.25) is 0 Å². The lowest BCUT2D eigenvalue weighted by Gasteiger charge is -2.10. The van der Waals surface area contributed by atoms with Crippen molar-refractivity contribution in [2.45, 2.75) is 19.8 Å². The Bertz CT molecular complexity index is 1280. The van der Waals surface area contributed by atoms with Crippen LogP contribution in [0.5, 0.6) is 17.2 Å². The van der Waals surface area contributed by atoms with Crippen LogP contribution < -0.4 is 19.6 Å². The number of ether oxygens (including phenoxy) is 3. The van der Waals surface area contributed by atoms with Gasteiger partial charge >= 0.3 is 0 Å². The molecule has 4 aromatic rings. The van der Waals surface area contributed by atoms with Crippen LogP contribution in [0.15, 0.2) is 51.9 Å². The highest BCUT2D eigenvalue weighted by molar-refractivity contribution is 7.14. The summed E-state index contributed by atoms with van der Waals surface area (Å²) in [5.41, 5.74) is 1.53. The molecule has 160 valence electrons. The predicted octanol–water partition coefficient (Wildman–Crippen LogP) is 5.16. The Hall–Kier alpha value is -3.39. The summed E-state index contributed by atoms with van der Waals surface area (Å²) in [6.45, 7) is 2.12. The summed E-state index contributed by atoms with van der Waals surface area (Å²) in [6.07, 6.45) is 1.91. The standard InChI is InChI=1S/C23H23N3O4S/c1-5-6-22-25-26-23(31-22)24-17-13-20(14-7-9-19(28-3)21(11-14)29-4)30-18-10-8-15(27-2)12-16(17)18/h7-13H,5-6H2,1-4H3/b24-17+. The summed E-state index contributed by atoms with van der Waals surface area (Å²) in [4.78, 5) is 4.78. The van der Waals surface area contributed by atoms with Crippen LogP contribution in [0.4, 0.5) is 5.13 Å². The summed E-state index contributed by atoms with van der Waals surface area (Å²) in [5.74, 6) is 2.65. The highest BCUT2D eigenvalue weighted by Crippen LogP contribution is 2.33. The van der Waals surface area contributed by atoms with Gasteiger partial charge < -0.3 is 18.6 Å². The van der Waals surface area contributed by atoms with Gasteiger partial charge in [0.15, 0.2) is 11.5 Å². The molecule has 31 heavy (non-hydrogen) atoms. The normalized spacial score (nSPS) is 11.7. The minimum Gasteiger partial charge on any atom is -0.497 e. The fourth-order valence-electron chi connectivity index (χ4n) is 3.21. The van der Waals surface area contributed by atoms with Gasteiger partial charge in [0, 0.05) is 23.4 Å². The van der Waals surface area contributed by atoms with E-state index in [2.05, 4.69) is 17.1 Å². The van der Waals surface area contributed by atoms with Crippen LogP contribution in [-0.2, 0) is 6.42 Å². The van der Waals surface area contributed by atoms with E-state index in [1.54, 1.807) is 21.3 Å². The van der Waals surface area contributed by atoms with Crippen molar-refractivity contribution in [2.75, 3.05) is 21.3 Å². The third-order valence-corrected chi connectivity index (χ3v) is 5.63. The predicted molar refractivity (Wildman–Crippen MR) is 120 cm³/mol. The largest absolute Gasteiger partial charge is 0.497 e. The molecule has 0 saturated carbocycles. The Balaban J connectivity index is 1.91. The first-order valence-electron chi connectivity index (χ1n) is 9.86. The average Bonchev–Trinajstić information content (AvgIpc) is 3.25. The molecular formula is C23H23N3O4S. The lowest BCUT2D eigenvalue weighted by molar-refractivity contribution is 0.355. The average molecular weight is 438 g/mol. The van der Waals surface area contributed by atoms with Crippen LogP contribution in [0, 0.1) is 0 Å². The molecule has 7 nitrogen and oxygen atoms in total. The number of fused-ring (bicyclic) bond motifs is 1. The molecule has 0 spiro atoms. The highest BCUT2D eigenvalue weighted by atomic mass is 32.1. The van der Waals surface area contributed by atoms with Crippen LogP contribution in [0.1, 0.15) is 18.4 Å². The summed E-state index contributed by atoms with van der Waals surface area (Å²) in [6, 6.07) is 13.2. The van der Waals surface area contributed by atoms with E-state index in [9.17, 15) is 0 Å². The maximum Gasteiger partial charge on any atom is 0.232 e. The molecule has 0 aliphatic rings. The second-order valence-corrected chi connectivity index (χ2v) is 7.81. The van der Waals surface area contributed by atoms with E-state index >= 15 is 0 Å². The molecule has 0 bridgehead atoms. The summed E-state index contributed by atoms with van der Waals surface area (Å²) >= 11 is 1.50. The van der Waals surface area contributed by atoms with Gasteiger partial charge in [-0.3, -0.25) is 0 Å². The molecule has 0 aliphatic heterocycles. The van der Waals surface area contributed by atoms with Crippen LogP contribution >= 0.6 is 11.3 Å². The summed E-state index contributed by atoms with van der Waals surface area (Å²) < 4.78 is 22.4. The molecule has 0 unspecified atom stereocenters. The molecule has 0 N–H and O–H groups in total.